The van der Waals surface area contributed by atoms with Crippen molar-refractivity contribution in [2.45, 2.75) is 12.8 Å². The Bertz CT molecular complexity index is 1360. The Hall–Kier alpha value is -4.19. The molecule has 0 saturated carbocycles. The largest absolute Gasteiger partial charge is 0.546 e. The molecule has 0 atom stereocenters. The molecule has 5 aromatic rings. The number of H-pyrrole nitrogens is 2. The predicted molar refractivity (Wildman–Crippen MR) is 126 cm³/mol. The molecule has 2 N–H and O–H groups in total. The number of hydrogen-bond donors (Lipinski definition) is 2. The number of carbonyl (C=O) groups excluding carboxylic acids is 1. The van der Waals surface area contributed by atoms with Crippen molar-refractivity contribution < 1.29 is 19.4 Å². The normalized spacial score (nSPS) is 11.3. The van der Waals surface area contributed by atoms with E-state index < -0.39 is 12.6 Å². The number of carboxylic acids is 1. The van der Waals surface area contributed by atoms with E-state index in [1.807, 2.05) is 43.3 Å². The van der Waals surface area contributed by atoms with Crippen molar-refractivity contribution in [1.82, 2.24) is 9.97 Å². The highest BCUT2D eigenvalue weighted by Gasteiger charge is 2.24. The van der Waals surface area contributed by atoms with E-state index in [0.29, 0.717) is 18.1 Å². The summed E-state index contributed by atoms with van der Waals surface area (Å²) in [5, 5.41) is 13.2. The molecule has 0 saturated heterocycles. The minimum Gasteiger partial charge on any atom is -0.546 e. The summed E-state index contributed by atoms with van der Waals surface area (Å²) in [4.78, 5) is 17.7. The quantitative estimate of drug-likeness (QED) is 0.376. The van der Waals surface area contributed by atoms with Gasteiger partial charge in [0.15, 0.2) is 11.5 Å². The molecule has 5 rings (SSSR count). The maximum Gasteiger partial charge on any atom is 0.161 e. The maximum atomic E-state index is 10.9. The summed E-state index contributed by atoms with van der Waals surface area (Å²) in [6.45, 7) is 1.77. The third-order valence-corrected chi connectivity index (χ3v) is 5.81. The van der Waals surface area contributed by atoms with Crippen LogP contribution in [0, 0.1) is 0 Å². The number of aliphatic carboxylic acids is 1. The standard InChI is InChI=1S/C27H24N2O4/c1-2-32-25-13-17(11-12-24(25)33-16-26(30)31)27(20-14-28-22-9-5-3-7-18(20)22)21-15-29-23-10-6-4-8-19(21)23/h3-15,27-29H,2,16H2,1H3,(H,30,31)/p-1. The fourth-order valence-electron chi connectivity index (χ4n) is 4.42. The molecule has 0 spiro atoms. The maximum absolute atomic E-state index is 10.9. The van der Waals surface area contributed by atoms with Gasteiger partial charge < -0.3 is 29.3 Å². The van der Waals surface area contributed by atoms with Crippen LogP contribution in [0.1, 0.15) is 29.5 Å². The molecule has 3 aromatic carbocycles. The minimum atomic E-state index is -1.28. The lowest BCUT2D eigenvalue weighted by Crippen LogP contribution is -2.29. The second kappa shape index (κ2) is 8.74. The van der Waals surface area contributed by atoms with Gasteiger partial charge in [0.2, 0.25) is 0 Å². The van der Waals surface area contributed by atoms with Crippen molar-refractivity contribution in [2.24, 2.45) is 0 Å². The Labute approximate surface area is 190 Å². The molecule has 6 heteroatoms. The monoisotopic (exact) mass is 439 g/mol. The number of aromatic amines is 2. The zero-order chi connectivity index (χ0) is 22.8. The number of carboxylic acid groups (broad SMARTS) is 1. The SMILES string of the molecule is CCOc1cc(C(c2c[nH]c3ccccc23)c2c[nH]c3ccccc23)ccc1OCC(=O)[O-]. The zero-order valence-electron chi connectivity index (χ0n) is 18.1. The summed E-state index contributed by atoms with van der Waals surface area (Å²) in [6, 6.07) is 22.1. The first-order chi connectivity index (χ1) is 16.2. The van der Waals surface area contributed by atoms with Crippen LogP contribution in [0.25, 0.3) is 21.8 Å². The van der Waals surface area contributed by atoms with E-state index in [0.717, 1.165) is 38.5 Å². The summed E-state index contributed by atoms with van der Waals surface area (Å²) in [5.41, 5.74) is 5.42. The number of aromatic nitrogens is 2. The van der Waals surface area contributed by atoms with Crippen LogP contribution in [-0.4, -0.2) is 29.2 Å². The van der Waals surface area contributed by atoms with E-state index in [9.17, 15) is 9.90 Å². The van der Waals surface area contributed by atoms with E-state index in [2.05, 4.69) is 46.6 Å². The second-order valence-corrected chi connectivity index (χ2v) is 7.81. The van der Waals surface area contributed by atoms with Crippen LogP contribution >= 0.6 is 0 Å². The summed E-state index contributed by atoms with van der Waals surface area (Å²) in [6.07, 6.45) is 4.11. The van der Waals surface area contributed by atoms with Gasteiger partial charge in [-0.25, -0.2) is 0 Å². The summed E-state index contributed by atoms with van der Waals surface area (Å²) in [7, 11) is 0. The number of hydrogen-bond acceptors (Lipinski definition) is 4. The smallest absolute Gasteiger partial charge is 0.161 e. The number of nitrogens with one attached hydrogen (secondary N) is 2. The van der Waals surface area contributed by atoms with Crippen LogP contribution in [0.4, 0.5) is 0 Å². The molecule has 0 aliphatic heterocycles. The van der Waals surface area contributed by atoms with Crippen LogP contribution in [0.15, 0.2) is 79.1 Å². The molecule has 0 fully saturated rings. The lowest BCUT2D eigenvalue weighted by molar-refractivity contribution is -0.307. The van der Waals surface area contributed by atoms with Crippen LogP contribution in [0.5, 0.6) is 11.5 Å². The molecule has 6 nitrogen and oxygen atoms in total. The molecular formula is C27H23N2O4-. The van der Waals surface area contributed by atoms with Gasteiger partial charge >= 0.3 is 0 Å². The van der Waals surface area contributed by atoms with E-state index in [-0.39, 0.29) is 5.92 Å². The van der Waals surface area contributed by atoms with Gasteiger partial charge in [0.25, 0.3) is 0 Å². The van der Waals surface area contributed by atoms with Gasteiger partial charge in [-0.15, -0.1) is 0 Å². The molecule has 0 bridgehead atoms. The first-order valence-corrected chi connectivity index (χ1v) is 10.9. The van der Waals surface area contributed by atoms with Gasteiger partial charge in [-0.1, -0.05) is 42.5 Å². The fourth-order valence-corrected chi connectivity index (χ4v) is 4.42. The Morgan fingerprint density at radius 2 is 1.45 bits per heavy atom. The Morgan fingerprint density at radius 1 is 0.848 bits per heavy atom. The van der Waals surface area contributed by atoms with Gasteiger partial charge in [-0.3, -0.25) is 0 Å². The van der Waals surface area contributed by atoms with Gasteiger partial charge in [0.05, 0.1) is 12.6 Å². The number of para-hydroxylation sites is 2. The van der Waals surface area contributed by atoms with Gasteiger partial charge in [0.1, 0.15) is 6.61 Å². The summed E-state index contributed by atoms with van der Waals surface area (Å²) < 4.78 is 11.2. The van der Waals surface area contributed by atoms with E-state index >= 15 is 0 Å². The van der Waals surface area contributed by atoms with Crippen molar-refractivity contribution in [1.29, 1.82) is 0 Å². The molecule has 2 heterocycles. The van der Waals surface area contributed by atoms with E-state index in [1.54, 1.807) is 6.07 Å². The molecular weight excluding hydrogens is 416 g/mol. The van der Waals surface area contributed by atoms with Crippen molar-refractivity contribution >= 4 is 27.8 Å². The number of rotatable bonds is 8. The average molecular weight is 439 g/mol. The van der Waals surface area contributed by atoms with Crippen molar-refractivity contribution in [3.63, 3.8) is 0 Å². The van der Waals surface area contributed by atoms with Crippen molar-refractivity contribution in [3.8, 4) is 11.5 Å². The Kier molecular flexibility index (Phi) is 5.48. The van der Waals surface area contributed by atoms with E-state index in [4.69, 9.17) is 9.47 Å². The Morgan fingerprint density at radius 3 is 2.03 bits per heavy atom. The van der Waals surface area contributed by atoms with Crippen LogP contribution in [0.2, 0.25) is 0 Å². The van der Waals surface area contributed by atoms with Crippen LogP contribution in [-0.2, 0) is 4.79 Å². The predicted octanol–water partition coefficient (Wildman–Crippen LogP) is 4.36. The van der Waals surface area contributed by atoms with Crippen molar-refractivity contribution in [2.75, 3.05) is 13.2 Å². The van der Waals surface area contributed by atoms with E-state index in [1.165, 1.54) is 0 Å². The highest BCUT2D eigenvalue weighted by atomic mass is 16.5. The highest BCUT2D eigenvalue weighted by molar-refractivity contribution is 5.89. The number of benzene rings is 3. The number of ether oxygens (including phenoxy) is 2. The number of fused-ring (bicyclic) bond motifs is 2. The van der Waals surface area contributed by atoms with Gasteiger partial charge in [-0.2, -0.15) is 0 Å². The Balaban J connectivity index is 1.69. The summed E-state index contributed by atoms with van der Waals surface area (Å²) in [5.74, 6) is -0.494. The molecule has 0 radical (unpaired) electrons. The minimum absolute atomic E-state index is 0.0910. The van der Waals surface area contributed by atoms with Crippen molar-refractivity contribution in [3.05, 3.63) is 95.8 Å². The molecule has 0 amide bonds. The molecule has 0 aliphatic carbocycles. The topological polar surface area (TPSA) is 90.2 Å². The van der Waals surface area contributed by atoms with Gasteiger partial charge in [0, 0.05) is 40.1 Å². The lowest BCUT2D eigenvalue weighted by Gasteiger charge is -2.20. The fraction of sp³-hybridized carbons (Fsp3) is 0.148. The molecule has 2 aromatic heterocycles. The lowest BCUT2D eigenvalue weighted by atomic mass is 9.84. The first kappa shape index (κ1) is 20.7. The van der Waals surface area contributed by atoms with Gasteiger partial charge in [-0.05, 0) is 47.9 Å². The zero-order valence-corrected chi connectivity index (χ0v) is 18.1. The molecule has 0 unspecified atom stereocenters. The third-order valence-electron chi connectivity index (χ3n) is 5.81. The third kappa shape index (κ3) is 3.91. The molecule has 166 valence electrons. The molecule has 0 aliphatic rings. The van der Waals surface area contributed by atoms with Crippen LogP contribution < -0.4 is 14.6 Å². The average Bonchev–Trinajstić information content (AvgIpc) is 3.44. The molecule has 33 heavy (non-hydrogen) atoms. The second-order valence-electron chi connectivity index (χ2n) is 7.81. The first-order valence-electron chi connectivity index (χ1n) is 10.9. The highest BCUT2D eigenvalue weighted by Crippen LogP contribution is 2.42. The number of carbonyl (C=O) groups is 1. The van der Waals surface area contributed by atoms with Crippen LogP contribution in [0.3, 0.4) is 0 Å². The summed E-state index contributed by atoms with van der Waals surface area (Å²) >= 11 is 0.